The molecular weight excluding hydrogens is 212 g/mol. The number of nitrogens with one attached hydrogen (secondary N) is 1. The molecule has 0 aliphatic heterocycles. The van der Waals surface area contributed by atoms with Gasteiger partial charge >= 0.3 is 5.97 Å². The first-order valence-electron chi connectivity index (χ1n) is 4.68. The highest BCUT2D eigenvalue weighted by Crippen LogP contribution is 2.22. The highest BCUT2D eigenvalue weighted by atomic mass is 16.4. The Labute approximate surface area is 92.3 Å². The second kappa shape index (κ2) is 5.45. The maximum absolute atomic E-state index is 10.6. The van der Waals surface area contributed by atoms with E-state index >= 15 is 0 Å². The van der Waals surface area contributed by atoms with Crippen molar-refractivity contribution in [1.29, 1.82) is 0 Å². The van der Waals surface area contributed by atoms with Crippen molar-refractivity contribution in [2.75, 3.05) is 6.73 Å². The number of aliphatic hydroxyl groups is 1. The average Bonchev–Trinajstić information content (AvgIpc) is 2.26. The summed E-state index contributed by atoms with van der Waals surface area (Å²) >= 11 is 0. The van der Waals surface area contributed by atoms with Gasteiger partial charge in [0.1, 0.15) is 11.8 Å². The van der Waals surface area contributed by atoms with Crippen molar-refractivity contribution < 1.29 is 20.1 Å². The Morgan fingerprint density at radius 2 is 2.19 bits per heavy atom. The predicted molar refractivity (Wildman–Crippen MR) is 56.6 cm³/mol. The first-order valence-corrected chi connectivity index (χ1v) is 4.68. The van der Waals surface area contributed by atoms with Gasteiger partial charge in [0.15, 0.2) is 0 Å². The monoisotopic (exact) mass is 226 g/mol. The Balaban J connectivity index is 2.86. The van der Waals surface area contributed by atoms with E-state index in [-0.39, 0.29) is 12.5 Å². The van der Waals surface area contributed by atoms with Crippen LogP contribution in [0.1, 0.15) is 17.2 Å². The molecule has 88 valence electrons. The van der Waals surface area contributed by atoms with E-state index < -0.39 is 12.0 Å². The zero-order chi connectivity index (χ0) is 12.1. The lowest BCUT2D eigenvalue weighted by molar-refractivity contribution is -0.138. The third kappa shape index (κ3) is 2.93. The number of nitrogens with two attached hydrogens (primary N) is 1. The lowest BCUT2D eigenvalue weighted by atomic mass is 10.0. The molecule has 0 radical (unpaired) electrons. The van der Waals surface area contributed by atoms with Gasteiger partial charge in [0, 0.05) is 12.1 Å². The van der Waals surface area contributed by atoms with Crippen molar-refractivity contribution in [3.05, 3.63) is 29.3 Å². The number of carbonyl (C=O) groups is 1. The number of aliphatic carboxylic acids is 1. The molecule has 0 saturated carbocycles. The lowest BCUT2D eigenvalue weighted by Gasteiger charge is -2.10. The second-order valence-electron chi connectivity index (χ2n) is 3.29. The van der Waals surface area contributed by atoms with Crippen LogP contribution >= 0.6 is 0 Å². The highest BCUT2D eigenvalue weighted by molar-refractivity contribution is 5.75. The van der Waals surface area contributed by atoms with Crippen LogP contribution in [0.3, 0.4) is 0 Å². The van der Waals surface area contributed by atoms with Crippen molar-refractivity contribution in [3.8, 4) is 5.75 Å². The maximum atomic E-state index is 10.6. The molecule has 6 N–H and O–H groups in total. The van der Waals surface area contributed by atoms with Gasteiger partial charge < -0.3 is 21.1 Å². The molecule has 1 unspecified atom stereocenters. The maximum Gasteiger partial charge on any atom is 0.325 e. The Kier molecular flexibility index (Phi) is 4.24. The van der Waals surface area contributed by atoms with E-state index in [1.807, 2.05) is 0 Å². The molecule has 0 amide bonds. The molecule has 1 rings (SSSR count). The third-order valence-electron chi connectivity index (χ3n) is 2.16. The van der Waals surface area contributed by atoms with Crippen LogP contribution < -0.4 is 11.1 Å². The van der Waals surface area contributed by atoms with Gasteiger partial charge in [-0.05, 0) is 11.6 Å². The van der Waals surface area contributed by atoms with Crippen LogP contribution in [0.25, 0.3) is 0 Å². The Morgan fingerprint density at radius 3 is 2.69 bits per heavy atom. The fraction of sp³-hybridized carbons (Fsp3) is 0.300. The standard InChI is InChI=1S/C10H14N2O4/c11-9(10(15)16)6-1-2-7(4-12-5-13)8(14)3-6/h1-3,9,12-14H,4-5,11H2,(H,15,16). The minimum Gasteiger partial charge on any atom is -0.508 e. The molecule has 0 fully saturated rings. The molecule has 1 aromatic carbocycles. The number of hydrogen-bond donors (Lipinski definition) is 5. The quantitative estimate of drug-likeness (QED) is 0.433. The molecule has 0 spiro atoms. The molecule has 6 nitrogen and oxygen atoms in total. The van der Waals surface area contributed by atoms with Gasteiger partial charge in [-0.3, -0.25) is 10.1 Å². The van der Waals surface area contributed by atoms with E-state index in [2.05, 4.69) is 5.32 Å². The Bertz CT molecular complexity index is 381. The molecule has 16 heavy (non-hydrogen) atoms. The molecule has 6 heteroatoms. The average molecular weight is 226 g/mol. The van der Waals surface area contributed by atoms with Gasteiger partial charge in [0.05, 0.1) is 6.73 Å². The Hall–Kier alpha value is -1.63. The van der Waals surface area contributed by atoms with E-state index in [0.29, 0.717) is 17.7 Å². The van der Waals surface area contributed by atoms with Crippen LogP contribution in [0.5, 0.6) is 5.75 Å². The molecule has 0 aromatic heterocycles. The molecule has 0 saturated heterocycles. The number of hydrogen-bond acceptors (Lipinski definition) is 5. The van der Waals surface area contributed by atoms with E-state index in [9.17, 15) is 9.90 Å². The largest absolute Gasteiger partial charge is 0.508 e. The van der Waals surface area contributed by atoms with Crippen LogP contribution in [0.15, 0.2) is 18.2 Å². The number of aliphatic hydroxyl groups excluding tert-OH is 1. The van der Waals surface area contributed by atoms with Crippen LogP contribution in [0, 0.1) is 0 Å². The second-order valence-corrected chi connectivity index (χ2v) is 3.29. The van der Waals surface area contributed by atoms with Gasteiger partial charge in [0.25, 0.3) is 0 Å². The van der Waals surface area contributed by atoms with E-state index in [1.165, 1.54) is 12.1 Å². The van der Waals surface area contributed by atoms with Crippen LogP contribution in [0.2, 0.25) is 0 Å². The summed E-state index contributed by atoms with van der Waals surface area (Å²) in [4.78, 5) is 10.6. The Morgan fingerprint density at radius 1 is 1.50 bits per heavy atom. The normalized spacial score (nSPS) is 12.4. The summed E-state index contributed by atoms with van der Waals surface area (Å²) < 4.78 is 0. The number of phenolic OH excluding ortho intramolecular Hbond substituents is 1. The van der Waals surface area contributed by atoms with E-state index in [0.717, 1.165) is 0 Å². The summed E-state index contributed by atoms with van der Waals surface area (Å²) in [5.74, 6) is -1.20. The summed E-state index contributed by atoms with van der Waals surface area (Å²) in [5, 5.41) is 29.4. The van der Waals surface area contributed by atoms with Crippen molar-refractivity contribution >= 4 is 5.97 Å². The number of rotatable bonds is 5. The fourth-order valence-corrected chi connectivity index (χ4v) is 1.26. The number of aromatic hydroxyl groups is 1. The zero-order valence-electron chi connectivity index (χ0n) is 8.55. The van der Waals surface area contributed by atoms with Gasteiger partial charge in [-0.25, -0.2) is 0 Å². The first kappa shape index (κ1) is 12.4. The van der Waals surface area contributed by atoms with Crippen LogP contribution in [-0.2, 0) is 11.3 Å². The molecule has 0 bridgehead atoms. The lowest BCUT2D eigenvalue weighted by Crippen LogP contribution is -2.20. The van der Waals surface area contributed by atoms with E-state index in [1.54, 1.807) is 6.07 Å². The van der Waals surface area contributed by atoms with Crippen LogP contribution in [-0.4, -0.2) is 28.0 Å². The molecule has 0 aliphatic carbocycles. The summed E-state index contributed by atoms with van der Waals surface area (Å²) in [5.41, 5.74) is 6.29. The highest BCUT2D eigenvalue weighted by Gasteiger charge is 2.15. The summed E-state index contributed by atoms with van der Waals surface area (Å²) in [7, 11) is 0. The van der Waals surface area contributed by atoms with Gasteiger partial charge in [0.2, 0.25) is 0 Å². The smallest absolute Gasteiger partial charge is 0.325 e. The zero-order valence-corrected chi connectivity index (χ0v) is 8.55. The van der Waals surface area contributed by atoms with Crippen molar-refractivity contribution in [1.82, 2.24) is 5.32 Å². The minimum absolute atomic E-state index is 0.0462. The van der Waals surface area contributed by atoms with Crippen LogP contribution in [0.4, 0.5) is 0 Å². The minimum atomic E-state index is -1.15. The van der Waals surface area contributed by atoms with Gasteiger partial charge in [-0.2, -0.15) is 0 Å². The van der Waals surface area contributed by atoms with Crippen molar-refractivity contribution in [2.45, 2.75) is 12.6 Å². The van der Waals surface area contributed by atoms with Gasteiger partial charge in [-0.1, -0.05) is 12.1 Å². The first-order chi connectivity index (χ1) is 7.56. The van der Waals surface area contributed by atoms with E-state index in [4.69, 9.17) is 15.9 Å². The molecule has 1 atom stereocenters. The summed E-state index contributed by atoms with van der Waals surface area (Å²) in [6, 6.07) is 3.27. The number of phenols is 1. The number of benzene rings is 1. The molecule has 1 aromatic rings. The fourth-order valence-electron chi connectivity index (χ4n) is 1.26. The van der Waals surface area contributed by atoms with Crippen molar-refractivity contribution in [2.24, 2.45) is 5.73 Å². The summed E-state index contributed by atoms with van der Waals surface area (Å²) in [6.45, 7) is 0.0980. The molecule has 0 heterocycles. The number of carboxylic acid groups (broad SMARTS) is 1. The third-order valence-corrected chi connectivity index (χ3v) is 2.16. The van der Waals surface area contributed by atoms with Gasteiger partial charge in [-0.15, -0.1) is 0 Å². The SMILES string of the molecule is NC(C(=O)O)c1ccc(CNCO)c(O)c1. The number of carboxylic acids is 1. The molecular formula is C10H14N2O4. The summed E-state index contributed by atoms with van der Waals surface area (Å²) in [6.07, 6.45) is 0. The predicted octanol–water partition coefficient (Wildman–Crippen LogP) is -0.484. The topological polar surface area (TPSA) is 116 Å². The van der Waals surface area contributed by atoms with Crippen molar-refractivity contribution in [3.63, 3.8) is 0 Å². The molecule has 0 aliphatic rings.